The van der Waals surface area contributed by atoms with Gasteiger partial charge in [0.25, 0.3) is 5.95 Å². The Hall–Kier alpha value is -3.65. The molecule has 2 heterocycles. The van der Waals surface area contributed by atoms with Crippen LogP contribution in [0.25, 0.3) is 0 Å². The number of aliphatic imine (C=N–C) groups is 1. The lowest BCUT2D eigenvalue weighted by Gasteiger charge is -2.38. The van der Waals surface area contributed by atoms with Crippen molar-refractivity contribution in [2.75, 3.05) is 36.4 Å². The van der Waals surface area contributed by atoms with E-state index in [1.54, 1.807) is 0 Å². The highest BCUT2D eigenvalue weighted by Crippen LogP contribution is 2.25. The summed E-state index contributed by atoms with van der Waals surface area (Å²) in [5, 5.41) is 6.47. The number of amides is 2. The molecule has 1 aliphatic heterocycles. The van der Waals surface area contributed by atoms with E-state index in [9.17, 15) is 4.79 Å². The molecule has 34 heavy (non-hydrogen) atoms. The van der Waals surface area contributed by atoms with E-state index in [-0.39, 0.29) is 6.03 Å². The molecule has 9 heteroatoms. The Kier molecular flexibility index (Phi) is 7.27. The molecular weight excluding hydrogens is 450 g/mol. The third-order valence-corrected chi connectivity index (χ3v) is 5.76. The lowest BCUT2D eigenvalue weighted by molar-refractivity contribution is 0.254. The van der Waals surface area contributed by atoms with Crippen molar-refractivity contribution in [2.45, 2.75) is 20.8 Å². The van der Waals surface area contributed by atoms with Crippen LogP contribution in [-0.4, -0.2) is 53.0 Å². The largest absolute Gasteiger partial charge is 0.368 e. The lowest BCUT2D eigenvalue weighted by atomic mass is 10.1. The zero-order chi connectivity index (χ0) is 24.1. The summed E-state index contributed by atoms with van der Waals surface area (Å²) in [5.41, 5.74) is 4.64. The number of aryl methyl sites for hydroxylation is 3. The normalized spacial score (nSPS) is 14.2. The van der Waals surface area contributed by atoms with E-state index in [0.29, 0.717) is 30.7 Å². The Labute approximate surface area is 204 Å². The fraction of sp³-hybridized carbons (Fsp3) is 0.280. The number of guanidine groups is 1. The van der Waals surface area contributed by atoms with Gasteiger partial charge in [-0.3, -0.25) is 5.32 Å². The highest BCUT2D eigenvalue weighted by molar-refractivity contribution is 6.30. The van der Waals surface area contributed by atoms with Gasteiger partial charge in [0.2, 0.25) is 5.96 Å². The molecule has 1 aromatic heterocycles. The molecule has 0 bridgehead atoms. The number of piperazine rings is 1. The molecular formula is C25H28ClN7O. The number of hydrogen-bond acceptors (Lipinski definition) is 5. The second-order valence-electron chi connectivity index (χ2n) is 8.24. The van der Waals surface area contributed by atoms with E-state index in [0.717, 1.165) is 35.2 Å². The summed E-state index contributed by atoms with van der Waals surface area (Å²) < 4.78 is 0. The van der Waals surface area contributed by atoms with Crippen LogP contribution < -0.4 is 15.5 Å². The van der Waals surface area contributed by atoms with Crippen LogP contribution in [-0.2, 0) is 0 Å². The number of nitrogens with one attached hydrogen (secondary N) is 2. The predicted octanol–water partition coefficient (Wildman–Crippen LogP) is 4.69. The standard InChI is InChI=1S/C25H28ClN7O/c1-17-9-10-20(26)16-22(17)32-11-13-33(14-12-32)24(30-23-27-18(2)15-19(3)28-23)31-25(34)29-21-7-5-4-6-8-21/h4-10,15-16H,11-14H2,1-3H3,(H2,27,28,29,30,31,34). The van der Waals surface area contributed by atoms with E-state index in [2.05, 4.69) is 37.4 Å². The number of para-hydroxylation sites is 1. The van der Waals surface area contributed by atoms with Gasteiger partial charge in [-0.05, 0) is 56.7 Å². The van der Waals surface area contributed by atoms with Crippen LogP contribution in [0.4, 0.5) is 22.1 Å². The first kappa shape index (κ1) is 23.5. The van der Waals surface area contributed by atoms with Crippen LogP contribution >= 0.6 is 11.6 Å². The van der Waals surface area contributed by atoms with Crippen molar-refractivity contribution < 1.29 is 4.79 Å². The topological polar surface area (TPSA) is 85.7 Å². The highest BCUT2D eigenvalue weighted by atomic mass is 35.5. The van der Waals surface area contributed by atoms with Crippen molar-refractivity contribution in [1.82, 2.24) is 20.2 Å². The Morgan fingerprint density at radius 2 is 1.62 bits per heavy atom. The Bertz CT molecular complexity index is 1170. The van der Waals surface area contributed by atoms with Crippen LogP contribution in [0, 0.1) is 20.8 Å². The molecule has 0 saturated carbocycles. The van der Waals surface area contributed by atoms with Gasteiger partial charge < -0.3 is 15.1 Å². The summed E-state index contributed by atoms with van der Waals surface area (Å²) in [7, 11) is 0. The first-order chi connectivity index (χ1) is 16.4. The average Bonchev–Trinajstić information content (AvgIpc) is 2.80. The first-order valence-corrected chi connectivity index (χ1v) is 11.6. The molecule has 176 valence electrons. The molecule has 1 aliphatic rings. The van der Waals surface area contributed by atoms with Gasteiger partial charge >= 0.3 is 6.03 Å². The summed E-state index contributed by atoms with van der Waals surface area (Å²) in [6.07, 6.45) is 0. The van der Waals surface area contributed by atoms with E-state index < -0.39 is 0 Å². The quantitative estimate of drug-likeness (QED) is 0.422. The molecule has 1 fully saturated rings. The second kappa shape index (κ2) is 10.5. The molecule has 0 radical (unpaired) electrons. The Morgan fingerprint density at radius 1 is 0.941 bits per heavy atom. The summed E-state index contributed by atoms with van der Waals surface area (Å²) in [6.45, 7) is 8.73. The summed E-state index contributed by atoms with van der Waals surface area (Å²) in [5.74, 6) is 0.738. The molecule has 0 spiro atoms. The number of aromatic nitrogens is 2. The van der Waals surface area contributed by atoms with Gasteiger partial charge in [0.05, 0.1) is 0 Å². The van der Waals surface area contributed by atoms with Crippen LogP contribution in [0.3, 0.4) is 0 Å². The zero-order valence-electron chi connectivity index (χ0n) is 19.5. The van der Waals surface area contributed by atoms with Crippen LogP contribution in [0.2, 0.25) is 5.02 Å². The maximum absolute atomic E-state index is 12.8. The van der Waals surface area contributed by atoms with Gasteiger partial charge in [-0.25, -0.2) is 14.8 Å². The number of hydrogen-bond donors (Lipinski definition) is 2. The highest BCUT2D eigenvalue weighted by Gasteiger charge is 2.23. The van der Waals surface area contributed by atoms with Gasteiger partial charge in [-0.1, -0.05) is 35.9 Å². The third-order valence-electron chi connectivity index (χ3n) is 5.52. The molecule has 2 amide bonds. The van der Waals surface area contributed by atoms with Gasteiger partial charge in [0.15, 0.2) is 0 Å². The van der Waals surface area contributed by atoms with E-state index in [1.165, 1.54) is 5.56 Å². The molecule has 3 aromatic rings. The third kappa shape index (κ3) is 6.02. The molecule has 0 unspecified atom stereocenters. The van der Waals surface area contributed by atoms with Crippen molar-refractivity contribution in [1.29, 1.82) is 0 Å². The van der Waals surface area contributed by atoms with Gasteiger partial charge in [0, 0.05) is 54.0 Å². The number of carbonyl (C=O) groups is 1. The van der Waals surface area contributed by atoms with Crippen molar-refractivity contribution in [3.05, 3.63) is 76.6 Å². The van der Waals surface area contributed by atoms with Crippen molar-refractivity contribution in [3.8, 4) is 0 Å². The summed E-state index contributed by atoms with van der Waals surface area (Å²) in [4.78, 5) is 30.6. The monoisotopic (exact) mass is 477 g/mol. The summed E-state index contributed by atoms with van der Waals surface area (Å²) in [6, 6.07) is 16.7. The van der Waals surface area contributed by atoms with Crippen molar-refractivity contribution >= 4 is 40.9 Å². The molecule has 2 aromatic carbocycles. The van der Waals surface area contributed by atoms with E-state index in [1.807, 2.05) is 73.3 Å². The first-order valence-electron chi connectivity index (χ1n) is 11.2. The number of carbonyl (C=O) groups excluding carboxylic acids is 1. The van der Waals surface area contributed by atoms with Gasteiger partial charge in [-0.2, -0.15) is 4.99 Å². The minimum absolute atomic E-state index is 0.320. The smallest absolute Gasteiger partial charge is 0.326 e. The fourth-order valence-corrected chi connectivity index (χ4v) is 4.06. The molecule has 0 atom stereocenters. The van der Waals surface area contributed by atoms with Gasteiger partial charge in [0.1, 0.15) is 0 Å². The number of benzene rings is 2. The second-order valence-corrected chi connectivity index (χ2v) is 8.67. The minimum atomic E-state index is -0.373. The number of anilines is 2. The predicted molar refractivity (Wildman–Crippen MR) is 137 cm³/mol. The van der Waals surface area contributed by atoms with Gasteiger partial charge in [-0.15, -0.1) is 0 Å². The summed E-state index contributed by atoms with van der Waals surface area (Å²) >= 11 is 6.23. The molecule has 4 rings (SSSR count). The van der Waals surface area contributed by atoms with E-state index >= 15 is 0 Å². The van der Waals surface area contributed by atoms with Crippen molar-refractivity contribution in [2.24, 2.45) is 4.99 Å². The Balaban J connectivity index is 1.53. The fourth-order valence-electron chi connectivity index (χ4n) is 3.90. The average molecular weight is 478 g/mol. The number of halogens is 1. The van der Waals surface area contributed by atoms with Crippen LogP contribution in [0.1, 0.15) is 17.0 Å². The molecule has 1 saturated heterocycles. The lowest BCUT2D eigenvalue weighted by Crippen LogP contribution is -2.54. The Morgan fingerprint density at radius 3 is 2.29 bits per heavy atom. The van der Waals surface area contributed by atoms with Crippen molar-refractivity contribution in [3.63, 3.8) is 0 Å². The van der Waals surface area contributed by atoms with Crippen LogP contribution in [0.5, 0.6) is 0 Å². The number of nitrogens with zero attached hydrogens (tertiary/aromatic N) is 5. The number of rotatable bonds is 3. The van der Waals surface area contributed by atoms with E-state index in [4.69, 9.17) is 11.6 Å². The maximum atomic E-state index is 12.8. The SMILES string of the molecule is Cc1cc(C)nc(/N=C(\NC(=O)Nc2ccccc2)N2CCN(c3cc(Cl)ccc3C)CC2)n1. The minimum Gasteiger partial charge on any atom is -0.368 e. The molecule has 0 aliphatic carbocycles. The zero-order valence-corrected chi connectivity index (χ0v) is 20.3. The molecule has 8 nitrogen and oxygen atoms in total. The molecule has 2 N–H and O–H groups in total. The van der Waals surface area contributed by atoms with Crippen LogP contribution in [0.15, 0.2) is 59.6 Å². The number of urea groups is 1. The maximum Gasteiger partial charge on any atom is 0.326 e.